The van der Waals surface area contributed by atoms with Gasteiger partial charge in [0.1, 0.15) is 18.2 Å². The van der Waals surface area contributed by atoms with Crippen molar-refractivity contribution in [3.05, 3.63) is 47.7 Å². The number of anilines is 2. The first-order valence-electron chi connectivity index (χ1n) is 9.31. The average Bonchev–Trinajstić information content (AvgIpc) is 2.66. The van der Waals surface area contributed by atoms with Gasteiger partial charge in [0.15, 0.2) is 0 Å². The first-order chi connectivity index (χ1) is 13.7. The van der Waals surface area contributed by atoms with Gasteiger partial charge < -0.3 is 31.3 Å². The molecule has 0 saturated carbocycles. The van der Waals surface area contributed by atoms with Crippen LogP contribution in [0.3, 0.4) is 0 Å². The number of ether oxygens (including phenoxy) is 2. The van der Waals surface area contributed by atoms with Gasteiger partial charge in [-0.2, -0.15) is 0 Å². The molecule has 156 valence electrons. The van der Waals surface area contributed by atoms with Gasteiger partial charge >= 0.3 is 0 Å². The molecule has 8 nitrogen and oxygen atoms in total. The highest BCUT2D eigenvalue weighted by molar-refractivity contribution is 6.03. The smallest absolute Gasteiger partial charge is 0.252 e. The second kappa shape index (κ2) is 9.88. The van der Waals surface area contributed by atoms with Gasteiger partial charge in [0.25, 0.3) is 5.91 Å². The number of hydrogen-bond acceptors (Lipinski definition) is 7. The summed E-state index contributed by atoms with van der Waals surface area (Å²) in [5.74, 6) is 0.898. The average molecular weight is 399 g/mol. The van der Waals surface area contributed by atoms with E-state index in [0.717, 1.165) is 0 Å². The molecular formula is C21H29N5O3. The van der Waals surface area contributed by atoms with Crippen molar-refractivity contribution in [2.24, 2.45) is 0 Å². The van der Waals surface area contributed by atoms with Crippen molar-refractivity contribution in [3.8, 4) is 5.75 Å². The van der Waals surface area contributed by atoms with Gasteiger partial charge in [-0.1, -0.05) is 6.07 Å². The zero-order valence-electron chi connectivity index (χ0n) is 17.3. The Labute approximate surface area is 171 Å². The van der Waals surface area contributed by atoms with Crippen LogP contribution in [0.4, 0.5) is 11.5 Å². The molecule has 1 aromatic heterocycles. The number of aromatic nitrogens is 1. The van der Waals surface area contributed by atoms with Crippen LogP contribution < -0.4 is 21.1 Å². The number of methoxy groups -OCH3 is 1. The molecule has 8 heteroatoms. The SMILES string of the molecule is COCCNc1cc(C(=O)NC(C)(C)COc2cccc(N)c2C(C)=N)ccn1. The lowest BCUT2D eigenvalue weighted by atomic mass is 10.1. The van der Waals surface area contributed by atoms with E-state index in [1.807, 2.05) is 13.8 Å². The maximum Gasteiger partial charge on any atom is 0.252 e. The number of nitrogens with one attached hydrogen (secondary N) is 3. The van der Waals surface area contributed by atoms with Gasteiger partial charge in [0.2, 0.25) is 0 Å². The van der Waals surface area contributed by atoms with E-state index in [2.05, 4.69) is 15.6 Å². The number of pyridine rings is 1. The number of nitrogen functional groups attached to an aromatic ring is 1. The fourth-order valence-corrected chi connectivity index (χ4v) is 2.69. The number of benzene rings is 1. The number of nitrogens with zero attached hydrogens (tertiary/aromatic N) is 1. The van der Waals surface area contributed by atoms with Gasteiger partial charge in [-0.3, -0.25) is 4.79 Å². The monoisotopic (exact) mass is 399 g/mol. The fraction of sp³-hybridized carbons (Fsp3) is 0.381. The number of amides is 1. The van der Waals surface area contributed by atoms with Gasteiger partial charge in [0, 0.05) is 36.8 Å². The van der Waals surface area contributed by atoms with E-state index in [9.17, 15) is 4.79 Å². The Balaban J connectivity index is 2.02. The Morgan fingerprint density at radius 3 is 2.76 bits per heavy atom. The predicted octanol–water partition coefficient (Wildman–Crippen LogP) is 2.70. The quantitative estimate of drug-likeness (QED) is 0.277. The van der Waals surface area contributed by atoms with E-state index < -0.39 is 5.54 Å². The summed E-state index contributed by atoms with van der Waals surface area (Å²) >= 11 is 0. The van der Waals surface area contributed by atoms with Crippen LogP contribution in [0.15, 0.2) is 36.5 Å². The maximum atomic E-state index is 12.7. The Bertz CT molecular complexity index is 867. The molecule has 2 rings (SSSR count). The van der Waals surface area contributed by atoms with Gasteiger partial charge in [0.05, 0.1) is 17.7 Å². The number of nitrogens with two attached hydrogens (primary N) is 1. The summed E-state index contributed by atoms with van der Waals surface area (Å²) in [6.45, 7) is 6.76. The maximum absolute atomic E-state index is 12.7. The van der Waals surface area contributed by atoms with Crippen LogP contribution in [0, 0.1) is 5.41 Å². The van der Waals surface area contributed by atoms with E-state index >= 15 is 0 Å². The molecule has 0 fully saturated rings. The molecule has 29 heavy (non-hydrogen) atoms. The van der Waals surface area contributed by atoms with Crippen LogP contribution in [0.1, 0.15) is 36.7 Å². The number of rotatable bonds is 10. The zero-order chi connectivity index (χ0) is 21.4. The Kier molecular flexibility index (Phi) is 7.55. The fourth-order valence-electron chi connectivity index (χ4n) is 2.69. The first kappa shape index (κ1) is 22.2. The van der Waals surface area contributed by atoms with E-state index in [1.165, 1.54) is 0 Å². The van der Waals surface area contributed by atoms with Crippen molar-refractivity contribution in [2.75, 3.05) is 37.9 Å². The van der Waals surface area contributed by atoms with Crippen molar-refractivity contribution < 1.29 is 14.3 Å². The predicted molar refractivity (Wildman–Crippen MR) is 115 cm³/mol. The molecule has 0 aliphatic rings. The van der Waals surface area contributed by atoms with E-state index in [1.54, 1.807) is 50.6 Å². The Morgan fingerprint density at radius 2 is 2.07 bits per heavy atom. The first-order valence-corrected chi connectivity index (χ1v) is 9.31. The third-order valence-electron chi connectivity index (χ3n) is 4.11. The van der Waals surface area contributed by atoms with E-state index in [-0.39, 0.29) is 12.5 Å². The van der Waals surface area contributed by atoms with Gasteiger partial charge in [-0.15, -0.1) is 0 Å². The highest BCUT2D eigenvalue weighted by Crippen LogP contribution is 2.25. The molecule has 1 amide bonds. The number of carbonyl (C=O) groups is 1. The Morgan fingerprint density at radius 1 is 1.31 bits per heavy atom. The topological polar surface area (TPSA) is 122 Å². The summed E-state index contributed by atoms with van der Waals surface area (Å²) < 4.78 is 10.9. The molecule has 0 aliphatic carbocycles. The van der Waals surface area contributed by atoms with Crippen molar-refractivity contribution in [2.45, 2.75) is 26.3 Å². The summed E-state index contributed by atoms with van der Waals surface area (Å²) in [6, 6.07) is 8.62. The van der Waals surface area contributed by atoms with Crippen LogP contribution in [0.5, 0.6) is 5.75 Å². The molecular weight excluding hydrogens is 370 g/mol. The van der Waals surface area contributed by atoms with Crippen LogP contribution in [-0.4, -0.2) is 49.0 Å². The molecule has 2 aromatic rings. The normalized spacial score (nSPS) is 11.0. The highest BCUT2D eigenvalue weighted by atomic mass is 16.5. The molecule has 0 radical (unpaired) electrons. The van der Waals surface area contributed by atoms with Crippen molar-refractivity contribution in [1.82, 2.24) is 10.3 Å². The lowest BCUT2D eigenvalue weighted by Crippen LogP contribution is -2.48. The second-order valence-electron chi connectivity index (χ2n) is 7.32. The molecule has 0 aliphatic heterocycles. The largest absolute Gasteiger partial charge is 0.490 e. The summed E-state index contributed by atoms with van der Waals surface area (Å²) in [7, 11) is 1.62. The van der Waals surface area contributed by atoms with Crippen molar-refractivity contribution in [3.63, 3.8) is 0 Å². The molecule has 0 atom stereocenters. The summed E-state index contributed by atoms with van der Waals surface area (Å²) in [5.41, 5.74) is 7.19. The van der Waals surface area contributed by atoms with Gasteiger partial charge in [-0.05, 0) is 45.0 Å². The van der Waals surface area contributed by atoms with Crippen LogP contribution in [-0.2, 0) is 4.74 Å². The number of carbonyl (C=O) groups excluding carboxylic acids is 1. The lowest BCUT2D eigenvalue weighted by Gasteiger charge is -2.27. The third kappa shape index (κ3) is 6.46. The summed E-state index contributed by atoms with van der Waals surface area (Å²) in [5, 5.41) is 14.0. The van der Waals surface area contributed by atoms with E-state index in [0.29, 0.717) is 47.2 Å². The Hall–Kier alpha value is -3.13. The number of hydrogen-bond donors (Lipinski definition) is 4. The molecule has 0 saturated heterocycles. The van der Waals surface area contributed by atoms with Crippen LogP contribution in [0.2, 0.25) is 0 Å². The van der Waals surface area contributed by atoms with Gasteiger partial charge in [-0.25, -0.2) is 4.98 Å². The zero-order valence-corrected chi connectivity index (χ0v) is 17.3. The standard InChI is InChI=1S/C21H29N5O3/c1-14(22)19-16(23)6-5-7-17(19)29-13-21(2,3)26-20(27)15-8-9-24-18(12-15)25-10-11-28-4/h5-9,12,22H,10-11,13,23H2,1-4H3,(H,24,25)(H,26,27). The summed E-state index contributed by atoms with van der Waals surface area (Å²) in [6.07, 6.45) is 1.58. The van der Waals surface area contributed by atoms with Crippen molar-refractivity contribution in [1.29, 1.82) is 5.41 Å². The molecule has 0 bridgehead atoms. The van der Waals surface area contributed by atoms with Crippen LogP contribution >= 0.6 is 0 Å². The molecule has 1 aromatic carbocycles. The molecule has 1 heterocycles. The van der Waals surface area contributed by atoms with Crippen molar-refractivity contribution >= 4 is 23.1 Å². The molecule has 5 N–H and O–H groups in total. The lowest BCUT2D eigenvalue weighted by molar-refractivity contribution is 0.0880. The van der Waals surface area contributed by atoms with Crippen LogP contribution in [0.25, 0.3) is 0 Å². The molecule has 0 unspecified atom stereocenters. The minimum atomic E-state index is -0.651. The minimum absolute atomic E-state index is 0.215. The molecule has 0 spiro atoms. The highest BCUT2D eigenvalue weighted by Gasteiger charge is 2.23. The second-order valence-corrected chi connectivity index (χ2v) is 7.32. The minimum Gasteiger partial charge on any atom is -0.490 e. The summed E-state index contributed by atoms with van der Waals surface area (Å²) in [4.78, 5) is 16.9. The van der Waals surface area contributed by atoms with E-state index in [4.69, 9.17) is 20.6 Å². The third-order valence-corrected chi connectivity index (χ3v) is 4.11.